The predicted molar refractivity (Wildman–Crippen MR) is 85.3 cm³/mol. The van der Waals surface area contributed by atoms with Gasteiger partial charge in [-0.25, -0.2) is 0 Å². The van der Waals surface area contributed by atoms with Gasteiger partial charge in [-0.1, -0.05) is 35.9 Å². The van der Waals surface area contributed by atoms with E-state index in [9.17, 15) is 0 Å². The van der Waals surface area contributed by atoms with Gasteiger partial charge in [-0.3, -0.25) is 5.41 Å². The summed E-state index contributed by atoms with van der Waals surface area (Å²) in [6.45, 7) is 0.452. The lowest BCUT2D eigenvalue weighted by Gasteiger charge is -2.12. The van der Waals surface area contributed by atoms with Crippen molar-refractivity contribution in [3.63, 3.8) is 0 Å². The Hall–Kier alpha value is -2.00. The molecule has 3 rings (SSSR count). The van der Waals surface area contributed by atoms with E-state index in [0.29, 0.717) is 22.9 Å². The predicted octanol–water partition coefficient (Wildman–Crippen LogP) is 3.69. The van der Waals surface area contributed by atoms with Gasteiger partial charge in [-0.2, -0.15) is 0 Å². The van der Waals surface area contributed by atoms with Gasteiger partial charge < -0.3 is 10.5 Å². The summed E-state index contributed by atoms with van der Waals surface area (Å²) in [7, 11) is 0. The zero-order valence-electron chi connectivity index (χ0n) is 11.7. The molecule has 0 unspecified atom stereocenters. The zero-order chi connectivity index (χ0) is 14.8. The van der Waals surface area contributed by atoms with Gasteiger partial charge in [0.1, 0.15) is 18.2 Å². The molecule has 2 aromatic rings. The first kappa shape index (κ1) is 14.0. The molecule has 0 heterocycles. The summed E-state index contributed by atoms with van der Waals surface area (Å²) in [6, 6.07) is 11.8. The monoisotopic (exact) mass is 300 g/mol. The fraction of sp³-hybridized carbons (Fsp3) is 0.235. The van der Waals surface area contributed by atoms with Crippen molar-refractivity contribution in [1.82, 2.24) is 0 Å². The molecule has 0 aromatic heterocycles. The highest BCUT2D eigenvalue weighted by molar-refractivity contribution is 6.34. The summed E-state index contributed by atoms with van der Waals surface area (Å²) >= 11 is 6.08. The molecule has 1 aliphatic carbocycles. The molecule has 0 fully saturated rings. The minimum atomic E-state index is -0.0791. The third-order valence-corrected chi connectivity index (χ3v) is 4.12. The van der Waals surface area contributed by atoms with Gasteiger partial charge in [0.15, 0.2) is 0 Å². The van der Waals surface area contributed by atoms with Crippen molar-refractivity contribution in [2.75, 3.05) is 0 Å². The summed E-state index contributed by atoms with van der Waals surface area (Å²) in [6.07, 6.45) is 3.57. The van der Waals surface area contributed by atoms with E-state index in [-0.39, 0.29) is 5.84 Å². The van der Waals surface area contributed by atoms with Crippen LogP contribution in [-0.4, -0.2) is 5.84 Å². The lowest BCUT2D eigenvalue weighted by atomic mass is 10.1. The summed E-state index contributed by atoms with van der Waals surface area (Å²) in [4.78, 5) is 0. The quantitative estimate of drug-likeness (QED) is 0.668. The molecule has 108 valence electrons. The lowest BCUT2D eigenvalue weighted by Crippen LogP contribution is -2.14. The molecule has 0 radical (unpaired) electrons. The second-order valence-electron chi connectivity index (χ2n) is 5.27. The fourth-order valence-corrected chi connectivity index (χ4v) is 3.03. The van der Waals surface area contributed by atoms with Gasteiger partial charge in [-0.15, -0.1) is 0 Å². The van der Waals surface area contributed by atoms with Crippen LogP contribution >= 0.6 is 11.6 Å². The topological polar surface area (TPSA) is 59.1 Å². The van der Waals surface area contributed by atoms with E-state index in [4.69, 9.17) is 27.5 Å². The first-order chi connectivity index (χ1) is 10.1. The lowest BCUT2D eigenvalue weighted by molar-refractivity contribution is 0.305. The number of ether oxygens (including phenoxy) is 1. The number of nitrogens with one attached hydrogen (secondary N) is 1. The van der Waals surface area contributed by atoms with Crippen LogP contribution in [0, 0.1) is 5.41 Å². The molecular formula is C17H17ClN2O. The maximum atomic E-state index is 7.61. The number of nitrogens with two attached hydrogens (primary N) is 1. The largest absolute Gasteiger partial charge is 0.488 e. The highest BCUT2D eigenvalue weighted by atomic mass is 35.5. The summed E-state index contributed by atoms with van der Waals surface area (Å²) in [5.41, 5.74) is 10.0. The minimum Gasteiger partial charge on any atom is -0.488 e. The molecule has 0 spiro atoms. The molecule has 0 aliphatic heterocycles. The highest BCUT2D eigenvalue weighted by Crippen LogP contribution is 2.27. The molecule has 0 amide bonds. The van der Waals surface area contributed by atoms with Gasteiger partial charge in [0.25, 0.3) is 0 Å². The Morgan fingerprint density at radius 3 is 2.81 bits per heavy atom. The maximum absolute atomic E-state index is 7.61. The number of fused-ring (bicyclic) bond motifs is 1. The normalized spacial score (nSPS) is 13.0. The van der Waals surface area contributed by atoms with E-state index in [1.165, 1.54) is 24.0 Å². The van der Waals surface area contributed by atoms with E-state index in [1.54, 1.807) is 18.2 Å². The third kappa shape index (κ3) is 2.88. The van der Waals surface area contributed by atoms with Crippen LogP contribution in [0.15, 0.2) is 36.4 Å². The van der Waals surface area contributed by atoms with Crippen LogP contribution in [0.2, 0.25) is 5.02 Å². The molecule has 4 heteroatoms. The van der Waals surface area contributed by atoms with Gasteiger partial charge in [-0.05, 0) is 48.1 Å². The Labute approximate surface area is 129 Å². The average Bonchev–Trinajstić information content (AvgIpc) is 2.92. The number of halogens is 1. The van der Waals surface area contributed by atoms with E-state index in [2.05, 4.69) is 18.2 Å². The molecule has 3 N–H and O–H groups in total. The fourth-order valence-electron chi connectivity index (χ4n) is 2.76. The average molecular weight is 301 g/mol. The van der Waals surface area contributed by atoms with Crippen molar-refractivity contribution in [2.24, 2.45) is 5.73 Å². The van der Waals surface area contributed by atoms with Crippen LogP contribution in [0.5, 0.6) is 5.75 Å². The van der Waals surface area contributed by atoms with Crippen LogP contribution in [0.3, 0.4) is 0 Å². The van der Waals surface area contributed by atoms with E-state index in [0.717, 1.165) is 12.0 Å². The Balaban J connectivity index is 1.79. The van der Waals surface area contributed by atoms with Crippen molar-refractivity contribution < 1.29 is 4.74 Å². The molecule has 21 heavy (non-hydrogen) atoms. The van der Waals surface area contributed by atoms with Crippen LogP contribution < -0.4 is 10.5 Å². The molecule has 3 nitrogen and oxygen atoms in total. The Kier molecular flexibility index (Phi) is 3.84. The maximum Gasteiger partial charge on any atom is 0.132 e. The summed E-state index contributed by atoms with van der Waals surface area (Å²) in [5, 5.41) is 8.05. The Morgan fingerprint density at radius 1 is 1.19 bits per heavy atom. The Morgan fingerprint density at radius 2 is 2.00 bits per heavy atom. The van der Waals surface area contributed by atoms with Gasteiger partial charge in [0, 0.05) is 0 Å². The van der Waals surface area contributed by atoms with Crippen molar-refractivity contribution in [1.29, 1.82) is 5.41 Å². The molecule has 1 aliphatic rings. The van der Waals surface area contributed by atoms with Crippen molar-refractivity contribution in [3.05, 3.63) is 63.7 Å². The SMILES string of the molecule is N=C(N)c1c(Cl)cccc1OCc1ccc2c(c1)CCC2. The van der Waals surface area contributed by atoms with Gasteiger partial charge in [0.2, 0.25) is 0 Å². The zero-order valence-corrected chi connectivity index (χ0v) is 12.4. The first-order valence-electron chi connectivity index (χ1n) is 7.01. The molecular weight excluding hydrogens is 284 g/mol. The number of hydrogen-bond donors (Lipinski definition) is 2. The van der Waals surface area contributed by atoms with Crippen LogP contribution in [0.1, 0.15) is 28.7 Å². The van der Waals surface area contributed by atoms with E-state index < -0.39 is 0 Å². The second kappa shape index (κ2) is 5.78. The van der Waals surface area contributed by atoms with Crippen LogP contribution in [-0.2, 0) is 19.4 Å². The van der Waals surface area contributed by atoms with Crippen LogP contribution in [0.25, 0.3) is 0 Å². The number of rotatable bonds is 4. The number of amidine groups is 1. The molecule has 0 saturated heterocycles. The summed E-state index contributed by atoms with van der Waals surface area (Å²) < 4.78 is 5.82. The Bertz CT molecular complexity index is 697. The first-order valence-corrected chi connectivity index (χ1v) is 7.39. The van der Waals surface area contributed by atoms with Crippen molar-refractivity contribution >= 4 is 17.4 Å². The highest BCUT2D eigenvalue weighted by Gasteiger charge is 2.13. The minimum absolute atomic E-state index is 0.0791. The standard InChI is InChI=1S/C17H17ClN2O/c18-14-5-2-6-15(16(14)17(19)20)21-10-11-7-8-12-3-1-4-13(12)9-11/h2,5-9H,1,3-4,10H2,(H3,19,20). The summed E-state index contributed by atoms with van der Waals surface area (Å²) in [5.74, 6) is 0.472. The number of hydrogen-bond acceptors (Lipinski definition) is 2. The molecule has 0 atom stereocenters. The van der Waals surface area contributed by atoms with Crippen molar-refractivity contribution in [3.8, 4) is 5.75 Å². The van der Waals surface area contributed by atoms with E-state index in [1.807, 2.05) is 0 Å². The third-order valence-electron chi connectivity index (χ3n) is 3.80. The number of aryl methyl sites for hydroxylation is 2. The van der Waals surface area contributed by atoms with E-state index >= 15 is 0 Å². The van der Waals surface area contributed by atoms with Crippen molar-refractivity contribution in [2.45, 2.75) is 25.9 Å². The van der Waals surface area contributed by atoms with Gasteiger partial charge in [0.05, 0.1) is 10.6 Å². The van der Waals surface area contributed by atoms with Crippen LogP contribution in [0.4, 0.5) is 0 Å². The second-order valence-corrected chi connectivity index (χ2v) is 5.68. The molecule has 0 bridgehead atoms. The molecule has 2 aromatic carbocycles. The van der Waals surface area contributed by atoms with Gasteiger partial charge >= 0.3 is 0 Å². The number of benzene rings is 2. The smallest absolute Gasteiger partial charge is 0.132 e. The number of nitrogen functional groups attached to an aromatic ring is 1. The molecule has 0 saturated carbocycles.